The number of hydrogen-bond donors (Lipinski definition) is 1. The van der Waals surface area contributed by atoms with E-state index in [1.54, 1.807) is 6.07 Å². The van der Waals surface area contributed by atoms with Crippen LogP contribution in [0.2, 0.25) is 0 Å². The second kappa shape index (κ2) is 5.21. The van der Waals surface area contributed by atoms with Crippen LogP contribution in [0, 0.1) is 5.92 Å². The van der Waals surface area contributed by atoms with Crippen molar-refractivity contribution in [1.82, 2.24) is 0 Å². The van der Waals surface area contributed by atoms with Crippen molar-refractivity contribution < 1.29 is 14.6 Å². The largest absolute Gasteiger partial charge is 0.508 e. The first-order valence-corrected chi connectivity index (χ1v) is 6.15. The summed E-state index contributed by atoms with van der Waals surface area (Å²) in [6.07, 6.45) is 3.36. The fourth-order valence-corrected chi connectivity index (χ4v) is 2.45. The lowest BCUT2D eigenvalue weighted by molar-refractivity contribution is -0.144. The Kier molecular flexibility index (Phi) is 3.67. The highest BCUT2D eigenvalue weighted by atomic mass is 16.5. The number of phenolic OH excluding ortho intramolecular Hbond substituents is 1. The van der Waals surface area contributed by atoms with Gasteiger partial charge in [0.05, 0.1) is 6.61 Å². The fourth-order valence-electron chi connectivity index (χ4n) is 2.45. The third-order valence-electron chi connectivity index (χ3n) is 3.28. The topological polar surface area (TPSA) is 46.5 Å². The van der Waals surface area contributed by atoms with Crippen LogP contribution in [-0.4, -0.2) is 17.7 Å². The van der Waals surface area contributed by atoms with Crippen molar-refractivity contribution in [2.75, 3.05) is 6.61 Å². The van der Waals surface area contributed by atoms with E-state index in [2.05, 4.69) is 0 Å². The summed E-state index contributed by atoms with van der Waals surface area (Å²) in [7, 11) is 0. The van der Waals surface area contributed by atoms with Crippen LogP contribution >= 0.6 is 0 Å². The van der Waals surface area contributed by atoms with E-state index in [1.165, 1.54) is 11.1 Å². The summed E-state index contributed by atoms with van der Waals surface area (Å²) in [5.74, 6) is 0.546. The zero-order valence-corrected chi connectivity index (χ0v) is 10.1. The van der Waals surface area contributed by atoms with Gasteiger partial charge in [-0.2, -0.15) is 0 Å². The molecule has 0 aromatic heterocycles. The van der Waals surface area contributed by atoms with Gasteiger partial charge in [0, 0.05) is 6.42 Å². The zero-order valence-electron chi connectivity index (χ0n) is 10.1. The Labute approximate surface area is 101 Å². The van der Waals surface area contributed by atoms with Gasteiger partial charge in [0.25, 0.3) is 0 Å². The number of benzene rings is 1. The SMILES string of the molecule is CCOC(=O)C[C@@H]1CCc2ccc(O)cc2C1. The van der Waals surface area contributed by atoms with Crippen molar-refractivity contribution in [3.05, 3.63) is 29.3 Å². The van der Waals surface area contributed by atoms with Crippen molar-refractivity contribution in [2.45, 2.75) is 32.6 Å². The Morgan fingerprint density at radius 3 is 3.06 bits per heavy atom. The van der Waals surface area contributed by atoms with Gasteiger partial charge in [-0.15, -0.1) is 0 Å². The van der Waals surface area contributed by atoms with Crippen LogP contribution in [0.1, 0.15) is 30.9 Å². The summed E-state index contributed by atoms with van der Waals surface area (Å²) in [4.78, 5) is 11.4. The van der Waals surface area contributed by atoms with Gasteiger partial charge in [0.15, 0.2) is 0 Å². The highest BCUT2D eigenvalue weighted by Gasteiger charge is 2.21. The van der Waals surface area contributed by atoms with E-state index in [4.69, 9.17) is 4.74 Å². The van der Waals surface area contributed by atoms with E-state index in [0.717, 1.165) is 19.3 Å². The summed E-state index contributed by atoms with van der Waals surface area (Å²) in [6.45, 7) is 2.27. The minimum absolute atomic E-state index is 0.110. The molecule has 0 heterocycles. The minimum Gasteiger partial charge on any atom is -0.508 e. The molecule has 3 nitrogen and oxygen atoms in total. The molecule has 0 bridgehead atoms. The molecule has 0 unspecified atom stereocenters. The Bertz CT molecular complexity index is 412. The molecule has 92 valence electrons. The molecule has 1 aromatic carbocycles. The van der Waals surface area contributed by atoms with Crippen LogP contribution in [0.25, 0.3) is 0 Å². The van der Waals surface area contributed by atoms with Crippen LogP contribution in [-0.2, 0) is 22.4 Å². The molecular weight excluding hydrogens is 216 g/mol. The summed E-state index contributed by atoms with van der Waals surface area (Å²) >= 11 is 0. The molecule has 0 amide bonds. The van der Waals surface area contributed by atoms with Crippen LogP contribution in [0.4, 0.5) is 0 Å². The summed E-state index contributed by atoms with van der Waals surface area (Å²) in [5, 5.41) is 9.45. The molecule has 0 spiro atoms. The summed E-state index contributed by atoms with van der Waals surface area (Å²) < 4.78 is 4.97. The molecule has 1 N–H and O–H groups in total. The first-order chi connectivity index (χ1) is 8.19. The second-order valence-electron chi connectivity index (χ2n) is 4.57. The van der Waals surface area contributed by atoms with Crippen LogP contribution in [0.3, 0.4) is 0 Å². The molecule has 2 rings (SSSR count). The van der Waals surface area contributed by atoms with Gasteiger partial charge in [0.1, 0.15) is 5.75 Å². The molecule has 1 aromatic rings. The standard InChI is InChI=1S/C14H18O3/c1-2-17-14(16)8-10-3-4-11-5-6-13(15)9-12(11)7-10/h5-6,9-10,15H,2-4,7-8H2,1H3/t10-/m1/s1. The van der Waals surface area contributed by atoms with Gasteiger partial charge in [0.2, 0.25) is 0 Å². The van der Waals surface area contributed by atoms with Gasteiger partial charge in [-0.3, -0.25) is 4.79 Å². The Balaban J connectivity index is 2.00. The van der Waals surface area contributed by atoms with Crippen LogP contribution in [0.15, 0.2) is 18.2 Å². The fraction of sp³-hybridized carbons (Fsp3) is 0.500. The Morgan fingerprint density at radius 1 is 1.47 bits per heavy atom. The number of ether oxygens (including phenoxy) is 1. The Hall–Kier alpha value is -1.51. The van der Waals surface area contributed by atoms with Gasteiger partial charge >= 0.3 is 5.97 Å². The monoisotopic (exact) mass is 234 g/mol. The molecule has 0 saturated carbocycles. The maximum Gasteiger partial charge on any atom is 0.306 e. The molecule has 17 heavy (non-hydrogen) atoms. The number of hydrogen-bond acceptors (Lipinski definition) is 3. The van der Waals surface area contributed by atoms with E-state index < -0.39 is 0 Å². The molecule has 1 aliphatic rings. The van der Waals surface area contributed by atoms with Crippen molar-refractivity contribution in [1.29, 1.82) is 0 Å². The van der Waals surface area contributed by atoms with Gasteiger partial charge in [-0.1, -0.05) is 6.07 Å². The number of rotatable bonds is 3. The molecular formula is C14H18O3. The maximum absolute atomic E-state index is 11.4. The molecule has 0 fully saturated rings. The first-order valence-electron chi connectivity index (χ1n) is 6.15. The first kappa shape index (κ1) is 12.0. The molecule has 0 aliphatic heterocycles. The Morgan fingerprint density at radius 2 is 2.29 bits per heavy atom. The van der Waals surface area contributed by atoms with E-state index >= 15 is 0 Å². The van der Waals surface area contributed by atoms with E-state index in [9.17, 15) is 9.90 Å². The average molecular weight is 234 g/mol. The van der Waals surface area contributed by atoms with Crippen LogP contribution in [0.5, 0.6) is 5.75 Å². The maximum atomic E-state index is 11.4. The van der Waals surface area contributed by atoms with E-state index in [0.29, 0.717) is 24.7 Å². The number of aromatic hydroxyl groups is 1. The predicted molar refractivity (Wildman–Crippen MR) is 64.9 cm³/mol. The summed E-state index contributed by atoms with van der Waals surface area (Å²) in [6, 6.07) is 5.52. The quantitative estimate of drug-likeness (QED) is 0.817. The average Bonchev–Trinajstić information content (AvgIpc) is 2.28. The number of esters is 1. The number of aryl methyl sites for hydroxylation is 1. The lowest BCUT2D eigenvalue weighted by Gasteiger charge is -2.23. The third-order valence-corrected chi connectivity index (χ3v) is 3.28. The molecule has 1 atom stereocenters. The van der Waals surface area contributed by atoms with Crippen molar-refractivity contribution in [2.24, 2.45) is 5.92 Å². The predicted octanol–water partition coefficient (Wildman–Crippen LogP) is 2.45. The van der Waals surface area contributed by atoms with Crippen molar-refractivity contribution in [3.63, 3.8) is 0 Å². The van der Waals surface area contributed by atoms with E-state index in [-0.39, 0.29) is 5.97 Å². The van der Waals surface area contributed by atoms with Crippen molar-refractivity contribution >= 4 is 5.97 Å². The van der Waals surface area contributed by atoms with Crippen molar-refractivity contribution in [3.8, 4) is 5.75 Å². The van der Waals surface area contributed by atoms with Gasteiger partial charge in [-0.05, 0) is 55.4 Å². The molecule has 1 aliphatic carbocycles. The normalized spacial score (nSPS) is 18.5. The number of fused-ring (bicyclic) bond motifs is 1. The molecule has 0 radical (unpaired) electrons. The lowest BCUT2D eigenvalue weighted by Crippen LogP contribution is -2.18. The van der Waals surface area contributed by atoms with Crippen LogP contribution < -0.4 is 0 Å². The zero-order chi connectivity index (χ0) is 12.3. The number of phenols is 1. The molecule has 0 saturated heterocycles. The van der Waals surface area contributed by atoms with E-state index in [1.807, 2.05) is 19.1 Å². The third kappa shape index (κ3) is 2.99. The van der Waals surface area contributed by atoms with Gasteiger partial charge in [-0.25, -0.2) is 0 Å². The smallest absolute Gasteiger partial charge is 0.306 e. The second-order valence-corrected chi connectivity index (χ2v) is 4.57. The summed E-state index contributed by atoms with van der Waals surface area (Å²) in [5.41, 5.74) is 2.47. The molecule has 3 heteroatoms. The number of carbonyl (C=O) groups is 1. The lowest BCUT2D eigenvalue weighted by atomic mass is 9.82. The minimum atomic E-state index is -0.110. The van der Waals surface area contributed by atoms with Gasteiger partial charge < -0.3 is 9.84 Å². The highest BCUT2D eigenvalue weighted by molar-refractivity contribution is 5.69. The highest BCUT2D eigenvalue weighted by Crippen LogP contribution is 2.29. The number of carbonyl (C=O) groups excluding carboxylic acids is 1.